The maximum atomic E-state index is 12.0. The molecule has 1 aromatic heterocycles. The summed E-state index contributed by atoms with van der Waals surface area (Å²) in [5.41, 5.74) is 1.62. The van der Waals surface area contributed by atoms with Crippen molar-refractivity contribution in [2.75, 3.05) is 4.72 Å². The summed E-state index contributed by atoms with van der Waals surface area (Å²) in [5.74, 6) is 0. The van der Waals surface area contributed by atoms with Crippen molar-refractivity contribution < 1.29 is 13.5 Å². The van der Waals surface area contributed by atoms with Gasteiger partial charge in [-0.2, -0.15) is 24.5 Å². The number of hydrogen-bond donors (Lipinski definition) is 3. The van der Waals surface area contributed by atoms with Gasteiger partial charge in [-0.25, -0.2) is 0 Å². The van der Waals surface area contributed by atoms with Gasteiger partial charge in [0.05, 0.1) is 5.69 Å². The molecular weight excluding hydrogens is 308 g/mol. The number of aliphatic hydroxyl groups excluding tert-OH is 1. The van der Waals surface area contributed by atoms with E-state index in [9.17, 15) is 13.5 Å². The first-order chi connectivity index (χ1) is 9.89. The van der Waals surface area contributed by atoms with Gasteiger partial charge in [0.1, 0.15) is 6.10 Å². The highest BCUT2D eigenvalue weighted by molar-refractivity contribution is 7.90. The summed E-state index contributed by atoms with van der Waals surface area (Å²) in [6.45, 7) is 3.48. The first kappa shape index (κ1) is 16.0. The van der Waals surface area contributed by atoms with Gasteiger partial charge in [0, 0.05) is 11.6 Å². The molecule has 0 saturated heterocycles. The Balaban J connectivity index is 2.29. The number of rotatable bonds is 6. The number of hydrogen-bond acceptors (Lipinski definition) is 4. The lowest BCUT2D eigenvalue weighted by Gasteiger charge is -2.17. The van der Waals surface area contributed by atoms with Gasteiger partial charge in [0.2, 0.25) is 0 Å². The Morgan fingerprint density at radius 1 is 1.19 bits per heavy atom. The Morgan fingerprint density at radius 3 is 2.52 bits per heavy atom. The average Bonchev–Trinajstić information content (AvgIpc) is 2.90. The molecule has 2 aromatic rings. The van der Waals surface area contributed by atoms with E-state index in [1.165, 1.54) is 11.3 Å². The predicted molar refractivity (Wildman–Crippen MR) is 85.6 cm³/mol. The van der Waals surface area contributed by atoms with Crippen LogP contribution in [0.2, 0.25) is 0 Å². The van der Waals surface area contributed by atoms with E-state index >= 15 is 0 Å². The zero-order valence-corrected chi connectivity index (χ0v) is 13.4. The summed E-state index contributed by atoms with van der Waals surface area (Å²) in [6, 6.07) is 8.42. The van der Waals surface area contributed by atoms with Crippen LogP contribution in [0.1, 0.15) is 31.1 Å². The van der Waals surface area contributed by atoms with Gasteiger partial charge < -0.3 is 5.11 Å². The summed E-state index contributed by atoms with van der Waals surface area (Å²) in [6.07, 6.45) is -0.866. The smallest absolute Gasteiger partial charge is 0.299 e. The molecule has 0 aliphatic carbocycles. The van der Waals surface area contributed by atoms with Crippen LogP contribution >= 0.6 is 11.3 Å². The second-order valence-corrected chi connectivity index (χ2v) is 7.15. The Morgan fingerprint density at radius 2 is 1.90 bits per heavy atom. The van der Waals surface area contributed by atoms with Crippen molar-refractivity contribution in [3.8, 4) is 0 Å². The van der Waals surface area contributed by atoms with Crippen LogP contribution in [0.25, 0.3) is 0 Å². The molecule has 0 radical (unpaired) electrons. The molecule has 0 fully saturated rings. The van der Waals surface area contributed by atoms with Gasteiger partial charge >= 0.3 is 0 Å². The fourth-order valence-corrected chi connectivity index (χ4v) is 3.76. The maximum Gasteiger partial charge on any atom is 0.299 e. The zero-order valence-electron chi connectivity index (χ0n) is 11.8. The molecule has 21 heavy (non-hydrogen) atoms. The molecule has 1 heterocycles. The van der Waals surface area contributed by atoms with Crippen LogP contribution in [0.4, 0.5) is 5.69 Å². The summed E-state index contributed by atoms with van der Waals surface area (Å²) < 4.78 is 28.9. The number of para-hydroxylation sites is 1. The van der Waals surface area contributed by atoms with E-state index in [0.717, 1.165) is 5.56 Å². The number of aliphatic hydroxyl groups is 1. The van der Waals surface area contributed by atoms with Crippen LogP contribution in [-0.4, -0.2) is 19.6 Å². The normalized spacial score (nSPS) is 13.3. The minimum absolute atomic E-state index is 0.212. The molecule has 0 amide bonds. The second-order valence-electron chi connectivity index (χ2n) is 4.92. The van der Waals surface area contributed by atoms with Gasteiger partial charge in [-0.3, -0.25) is 4.72 Å². The summed E-state index contributed by atoms with van der Waals surface area (Å²) >= 11 is 1.48. The molecule has 7 heteroatoms. The van der Waals surface area contributed by atoms with Crippen molar-refractivity contribution >= 4 is 27.2 Å². The van der Waals surface area contributed by atoms with Crippen LogP contribution in [-0.2, 0) is 10.2 Å². The highest BCUT2D eigenvalue weighted by Gasteiger charge is 2.18. The van der Waals surface area contributed by atoms with E-state index in [2.05, 4.69) is 9.44 Å². The monoisotopic (exact) mass is 326 g/mol. The van der Waals surface area contributed by atoms with E-state index in [1.807, 2.05) is 16.8 Å². The SMILES string of the molecule is CC(C)NS(=O)(=O)Nc1ccccc1C(O)c1ccsc1. The molecule has 0 aliphatic heterocycles. The Labute approximate surface area is 128 Å². The van der Waals surface area contributed by atoms with Crippen LogP contribution in [0.3, 0.4) is 0 Å². The molecule has 0 saturated carbocycles. The van der Waals surface area contributed by atoms with Crippen molar-refractivity contribution in [3.63, 3.8) is 0 Å². The molecule has 1 aromatic carbocycles. The van der Waals surface area contributed by atoms with Crippen molar-refractivity contribution in [2.24, 2.45) is 0 Å². The van der Waals surface area contributed by atoms with Gasteiger partial charge in [0.25, 0.3) is 10.2 Å². The van der Waals surface area contributed by atoms with Gasteiger partial charge in [-0.05, 0) is 42.3 Å². The fraction of sp³-hybridized carbons (Fsp3) is 0.286. The second kappa shape index (κ2) is 6.57. The van der Waals surface area contributed by atoms with Gasteiger partial charge in [-0.15, -0.1) is 0 Å². The van der Waals surface area contributed by atoms with Crippen molar-refractivity contribution in [1.82, 2.24) is 4.72 Å². The van der Waals surface area contributed by atoms with Crippen molar-refractivity contribution in [3.05, 3.63) is 52.2 Å². The number of anilines is 1. The topological polar surface area (TPSA) is 78.4 Å². The summed E-state index contributed by atoms with van der Waals surface area (Å²) in [4.78, 5) is 0. The summed E-state index contributed by atoms with van der Waals surface area (Å²) in [7, 11) is -3.67. The maximum absolute atomic E-state index is 12.0. The minimum Gasteiger partial charge on any atom is -0.384 e. The molecule has 0 bridgehead atoms. The van der Waals surface area contributed by atoms with Crippen molar-refractivity contribution in [2.45, 2.75) is 26.0 Å². The lowest BCUT2D eigenvalue weighted by atomic mass is 10.0. The third-order valence-corrected chi connectivity index (χ3v) is 4.72. The molecule has 114 valence electrons. The van der Waals surface area contributed by atoms with Crippen LogP contribution in [0, 0.1) is 0 Å². The highest BCUT2D eigenvalue weighted by Crippen LogP contribution is 2.29. The average molecular weight is 326 g/mol. The van der Waals surface area contributed by atoms with Crippen molar-refractivity contribution in [1.29, 1.82) is 0 Å². The number of nitrogens with one attached hydrogen (secondary N) is 2. The zero-order chi connectivity index (χ0) is 15.5. The molecule has 2 rings (SSSR count). The van der Waals surface area contributed by atoms with Crippen LogP contribution in [0.5, 0.6) is 0 Å². The molecule has 0 aliphatic rings. The predicted octanol–water partition coefficient (Wildman–Crippen LogP) is 2.48. The Kier molecular flexibility index (Phi) is 5.00. The van der Waals surface area contributed by atoms with E-state index in [1.54, 1.807) is 38.1 Å². The summed E-state index contributed by atoms with van der Waals surface area (Å²) in [5, 5.41) is 14.1. The standard InChI is InChI=1S/C14H18N2O3S2/c1-10(2)15-21(18,19)16-13-6-4-3-5-12(13)14(17)11-7-8-20-9-11/h3-10,14-17H,1-2H3. The van der Waals surface area contributed by atoms with Crippen LogP contribution < -0.4 is 9.44 Å². The van der Waals surface area contributed by atoms with E-state index in [4.69, 9.17) is 0 Å². The van der Waals surface area contributed by atoms with Crippen LogP contribution in [0.15, 0.2) is 41.1 Å². The number of benzene rings is 1. The molecule has 3 N–H and O–H groups in total. The Bertz CT molecular complexity index is 682. The third-order valence-electron chi connectivity index (χ3n) is 2.75. The quantitative estimate of drug-likeness (QED) is 0.763. The fourth-order valence-electron chi connectivity index (χ4n) is 1.92. The van der Waals surface area contributed by atoms with Gasteiger partial charge in [-0.1, -0.05) is 18.2 Å². The Hall–Kier alpha value is -1.41. The van der Waals surface area contributed by atoms with E-state index in [-0.39, 0.29) is 6.04 Å². The third kappa shape index (κ3) is 4.28. The molecular formula is C14H18N2O3S2. The first-order valence-electron chi connectivity index (χ1n) is 6.48. The first-order valence-corrected chi connectivity index (χ1v) is 8.91. The minimum atomic E-state index is -3.67. The molecule has 5 nitrogen and oxygen atoms in total. The van der Waals surface area contributed by atoms with Gasteiger partial charge in [0.15, 0.2) is 0 Å². The largest absolute Gasteiger partial charge is 0.384 e. The molecule has 1 unspecified atom stereocenters. The highest BCUT2D eigenvalue weighted by atomic mass is 32.2. The van der Waals surface area contributed by atoms with E-state index in [0.29, 0.717) is 11.3 Å². The molecule has 0 spiro atoms. The lowest BCUT2D eigenvalue weighted by Crippen LogP contribution is -2.35. The van der Waals surface area contributed by atoms with E-state index < -0.39 is 16.3 Å². The number of thiophene rings is 1. The lowest BCUT2D eigenvalue weighted by molar-refractivity contribution is 0.221. The molecule has 1 atom stereocenters.